The van der Waals surface area contributed by atoms with Crippen molar-refractivity contribution in [2.24, 2.45) is 40.9 Å². The van der Waals surface area contributed by atoms with Crippen LogP contribution in [0.2, 0.25) is 0 Å². The molecule has 0 aliphatic heterocycles. The molecule has 1 aromatic heterocycles. The van der Waals surface area contributed by atoms with Crippen LogP contribution >= 0.6 is 0 Å². The summed E-state index contributed by atoms with van der Waals surface area (Å²) in [7, 11) is 0. The largest absolute Gasteiger partial charge is 0.390 e. The number of carbonyl (C=O) groups excluding carboxylic acids is 1. The molecule has 4 aliphatic rings. The minimum absolute atomic E-state index is 0.0169. The molecule has 4 aliphatic carbocycles. The van der Waals surface area contributed by atoms with E-state index in [1.54, 1.807) is 0 Å². The second-order valence-electron chi connectivity index (χ2n) is 11.6. The smallest absolute Gasteiger partial charge is 0.252 e. The first kappa shape index (κ1) is 22.0. The summed E-state index contributed by atoms with van der Waals surface area (Å²) in [6.07, 6.45) is 7.85. The van der Waals surface area contributed by atoms with Crippen LogP contribution in [0.4, 0.5) is 8.78 Å². The number of carbonyl (C=O) groups is 1. The van der Waals surface area contributed by atoms with Gasteiger partial charge < -0.3 is 5.11 Å². The molecule has 5 nitrogen and oxygen atoms in total. The van der Waals surface area contributed by atoms with E-state index in [1.807, 2.05) is 19.9 Å². The Bertz CT molecular complexity index is 951. The van der Waals surface area contributed by atoms with Crippen LogP contribution in [0.1, 0.15) is 70.8 Å². The molecule has 174 valence electrons. The van der Waals surface area contributed by atoms with Crippen LogP contribution in [0, 0.1) is 52.3 Å². The van der Waals surface area contributed by atoms with Gasteiger partial charge >= 0.3 is 0 Å². The zero-order chi connectivity index (χ0) is 22.9. The van der Waals surface area contributed by atoms with Crippen LogP contribution in [0.15, 0.2) is 12.4 Å². The number of Topliss-reactive ketones (excluding diaryl/α,β-unsaturated/α-hetero) is 1. The number of hydrogen-bond acceptors (Lipinski definition) is 4. The van der Waals surface area contributed by atoms with E-state index >= 15 is 8.78 Å². The summed E-state index contributed by atoms with van der Waals surface area (Å²) in [5.41, 5.74) is -1.03. The molecule has 7 heteroatoms. The molecule has 1 N–H and O–H groups in total. The van der Waals surface area contributed by atoms with Gasteiger partial charge in [-0.25, -0.2) is 8.78 Å². The zero-order valence-corrected chi connectivity index (χ0v) is 18.9. The molecular weight excluding hydrogens is 412 g/mol. The number of alkyl halides is 2. The van der Waals surface area contributed by atoms with Crippen molar-refractivity contribution in [1.29, 1.82) is 5.26 Å². The van der Waals surface area contributed by atoms with Crippen molar-refractivity contribution in [3.63, 3.8) is 0 Å². The maximum atomic E-state index is 15.9. The van der Waals surface area contributed by atoms with Crippen molar-refractivity contribution in [2.75, 3.05) is 0 Å². The summed E-state index contributed by atoms with van der Waals surface area (Å²) >= 11 is 0. The Labute approximate surface area is 188 Å². The topological polar surface area (TPSA) is 78.9 Å². The van der Waals surface area contributed by atoms with Crippen molar-refractivity contribution < 1.29 is 18.7 Å². The third-order valence-electron chi connectivity index (χ3n) is 9.62. The van der Waals surface area contributed by atoms with Crippen LogP contribution in [0.3, 0.4) is 0 Å². The second kappa shape index (κ2) is 7.35. The summed E-state index contributed by atoms with van der Waals surface area (Å²) in [5, 5.41) is 23.6. The molecule has 32 heavy (non-hydrogen) atoms. The fraction of sp³-hybridized carbons (Fsp3) is 0.800. The van der Waals surface area contributed by atoms with Crippen LogP contribution in [-0.2, 0) is 11.3 Å². The second-order valence-corrected chi connectivity index (χ2v) is 11.6. The van der Waals surface area contributed by atoms with E-state index in [9.17, 15) is 9.90 Å². The third kappa shape index (κ3) is 3.41. The number of aliphatic hydroxyl groups is 1. The molecule has 0 unspecified atom stereocenters. The van der Waals surface area contributed by atoms with Crippen molar-refractivity contribution in [2.45, 2.75) is 83.3 Å². The summed E-state index contributed by atoms with van der Waals surface area (Å²) in [6.45, 7) is 3.81. The van der Waals surface area contributed by atoms with Gasteiger partial charge in [-0.3, -0.25) is 9.48 Å². The maximum Gasteiger partial charge on any atom is 0.252 e. The molecule has 5 rings (SSSR count). The molecule has 0 saturated heterocycles. The fourth-order valence-electron chi connectivity index (χ4n) is 8.46. The number of nitrogens with zero attached hydrogens (tertiary/aromatic N) is 3. The number of hydrogen-bond donors (Lipinski definition) is 1. The number of rotatable bonds is 3. The Balaban J connectivity index is 1.38. The fourth-order valence-corrected chi connectivity index (χ4v) is 8.46. The number of nitriles is 1. The monoisotopic (exact) mass is 445 g/mol. The van der Waals surface area contributed by atoms with Crippen molar-refractivity contribution >= 4 is 5.78 Å². The van der Waals surface area contributed by atoms with E-state index in [0.717, 1.165) is 19.3 Å². The summed E-state index contributed by atoms with van der Waals surface area (Å²) in [5.74, 6) is -3.56. The highest BCUT2D eigenvalue weighted by Crippen LogP contribution is 2.68. The van der Waals surface area contributed by atoms with Gasteiger partial charge in [-0.05, 0) is 81.0 Å². The predicted octanol–water partition coefficient (Wildman–Crippen LogP) is 4.59. The average molecular weight is 446 g/mol. The van der Waals surface area contributed by atoms with E-state index in [4.69, 9.17) is 5.26 Å². The molecule has 1 heterocycles. The lowest BCUT2D eigenvalue weighted by Crippen LogP contribution is -2.59. The molecule has 8 atom stereocenters. The summed E-state index contributed by atoms with van der Waals surface area (Å²) < 4.78 is 33.2. The minimum Gasteiger partial charge on any atom is -0.390 e. The van der Waals surface area contributed by atoms with Crippen LogP contribution in [0.25, 0.3) is 0 Å². The molecule has 1 aromatic rings. The van der Waals surface area contributed by atoms with Gasteiger partial charge in [-0.1, -0.05) is 6.92 Å². The highest BCUT2D eigenvalue weighted by molar-refractivity contribution is 5.82. The Hall–Kier alpha value is -1.81. The quantitative estimate of drug-likeness (QED) is 0.738. The van der Waals surface area contributed by atoms with Gasteiger partial charge in [0.25, 0.3) is 5.92 Å². The number of aromatic nitrogens is 2. The van der Waals surface area contributed by atoms with Gasteiger partial charge in [0.15, 0.2) is 5.78 Å². The molecule has 4 fully saturated rings. The molecule has 0 bridgehead atoms. The Morgan fingerprint density at radius 3 is 2.75 bits per heavy atom. The minimum atomic E-state index is -2.79. The van der Waals surface area contributed by atoms with Crippen LogP contribution < -0.4 is 0 Å². The molecule has 0 radical (unpaired) electrons. The number of ketones is 1. The number of halogens is 2. The van der Waals surface area contributed by atoms with E-state index in [0.29, 0.717) is 31.2 Å². The summed E-state index contributed by atoms with van der Waals surface area (Å²) in [4.78, 5) is 13.2. The molecule has 4 saturated carbocycles. The first-order valence-corrected chi connectivity index (χ1v) is 12.1. The zero-order valence-electron chi connectivity index (χ0n) is 18.9. The molecular formula is C25H33F2N3O2. The third-order valence-corrected chi connectivity index (χ3v) is 9.62. The average Bonchev–Trinajstić information content (AvgIpc) is 3.29. The summed E-state index contributed by atoms with van der Waals surface area (Å²) in [6, 6.07) is 2.00. The van der Waals surface area contributed by atoms with Gasteiger partial charge in [-0.15, -0.1) is 0 Å². The van der Waals surface area contributed by atoms with Gasteiger partial charge in [-0.2, -0.15) is 10.4 Å². The SMILES string of the molecule is C[C@@]1(O)CC[C@H]2[C@H](CC[C@@H]3[C@@H]2C(F)(F)C[C@]2(C)[C@@H](C(=O)Cn4cc(C#N)cn4)CC[C@@H]32)C1. The van der Waals surface area contributed by atoms with Crippen LogP contribution in [-0.4, -0.2) is 32.2 Å². The van der Waals surface area contributed by atoms with Gasteiger partial charge in [0.05, 0.1) is 23.9 Å². The molecule has 0 aromatic carbocycles. The lowest BCUT2D eigenvalue weighted by Gasteiger charge is -2.59. The van der Waals surface area contributed by atoms with Crippen molar-refractivity contribution in [3.8, 4) is 6.07 Å². The highest BCUT2D eigenvalue weighted by Gasteiger charge is 2.67. The Morgan fingerprint density at radius 2 is 2.03 bits per heavy atom. The lowest BCUT2D eigenvalue weighted by atomic mass is 9.47. The first-order chi connectivity index (χ1) is 15.0. The molecule has 0 spiro atoms. The van der Waals surface area contributed by atoms with E-state index in [1.165, 1.54) is 17.1 Å². The van der Waals surface area contributed by atoms with Crippen molar-refractivity contribution in [1.82, 2.24) is 9.78 Å². The Kier molecular flexibility index (Phi) is 5.05. The predicted molar refractivity (Wildman–Crippen MR) is 114 cm³/mol. The van der Waals surface area contributed by atoms with E-state index in [2.05, 4.69) is 5.10 Å². The Morgan fingerprint density at radius 1 is 1.25 bits per heavy atom. The van der Waals surface area contributed by atoms with Crippen LogP contribution in [0.5, 0.6) is 0 Å². The van der Waals surface area contributed by atoms with Crippen molar-refractivity contribution in [3.05, 3.63) is 18.0 Å². The number of fused-ring (bicyclic) bond motifs is 5. The standard InChI is InChI=1S/C25H33F2N3O2/c1-23(32)8-7-17-16(9-23)3-4-18-19-5-6-20(24(19,2)14-25(26,27)22(17)18)21(31)13-30-12-15(10-28)11-29-30/h11-12,16-20,22,32H,3-9,13-14H2,1-2H3/t16-,17+,18+,19+,20-,22-,23-,24+/m1/s1. The normalized spacial score (nSPS) is 44.8. The first-order valence-electron chi connectivity index (χ1n) is 12.1. The van der Waals surface area contributed by atoms with E-state index < -0.39 is 22.9 Å². The van der Waals surface area contributed by atoms with Gasteiger partial charge in [0.1, 0.15) is 6.07 Å². The van der Waals surface area contributed by atoms with Gasteiger partial charge in [0.2, 0.25) is 0 Å². The highest BCUT2D eigenvalue weighted by atomic mass is 19.3. The van der Waals surface area contributed by atoms with E-state index in [-0.39, 0.29) is 48.3 Å². The van der Waals surface area contributed by atoms with Gasteiger partial charge in [0, 0.05) is 24.5 Å². The molecule has 0 amide bonds. The maximum absolute atomic E-state index is 15.9. The lowest BCUT2D eigenvalue weighted by molar-refractivity contribution is -0.222.